The lowest BCUT2D eigenvalue weighted by atomic mass is 9.98. The van der Waals surface area contributed by atoms with Crippen molar-refractivity contribution in [2.24, 2.45) is 0 Å². The highest BCUT2D eigenvalue weighted by atomic mass is 32.2. The third-order valence-corrected chi connectivity index (χ3v) is 6.73. The van der Waals surface area contributed by atoms with E-state index in [2.05, 4.69) is 10.6 Å². The molecule has 1 unspecified atom stereocenters. The third-order valence-electron chi connectivity index (χ3n) is 5.75. The van der Waals surface area contributed by atoms with Crippen LogP contribution in [0.4, 0.5) is 4.79 Å². The fraction of sp³-hybridized carbons (Fsp3) is 0.375. The van der Waals surface area contributed by atoms with E-state index in [0.29, 0.717) is 0 Å². The zero-order valence-corrected chi connectivity index (χ0v) is 19.8. The molecule has 2 atom stereocenters. The van der Waals surface area contributed by atoms with Crippen LogP contribution in [0.1, 0.15) is 36.8 Å². The Morgan fingerprint density at radius 1 is 0.971 bits per heavy atom. The monoisotopic (exact) mass is 488 g/mol. The number of ether oxygens (including phenoxy) is 1. The Kier molecular flexibility index (Phi) is 7.93. The number of carboxylic acids is 1. The molecule has 10 heteroatoms. The van der Waals surface area contributed by atoms with Crippen LogP contribution in [0.15, 0.2) is 48.5 Å². The second-order valence-electron chi connectivity index (χ2n) is 8.25. The van der Waals surface area contributed by atoms with E-state index in [-0.39, 0.29) is 31.1 Å². The van der Waals surface area contributed by atoms with Gasteiger partial charge in [0, 0.05) is 12.2 Å². The van der Waals surface area contributed by atoms with E-state index in [4.69, 9.17) is 4.74 Å². The van der Waals surface area contributed by atoms with Crippen LogP contribution >= 0.6 is 0 Å². The first kappa shape index (κ1) is 25.2. The van der Waals surface area contributed by atoms with Crippen LogP contribution in [0.3, 0.4) is 0 Å². The minimum absolute atomic E-state index is 0.0208. The Morgan fingerprint density at radius 3 is 2.03 bits per heavy atom. The van der Waals surface area contributed by atoms with Crippen molar-refractivity contribution in [3.05, 3.63) is 59.7 Å². The van der Waals surface area contributed by atoms with Gasteiger partial charge in [0.05, 0.1) is 5.75 Å². The first-order chi connectivity index (χ1) is 16.1. The maximum atomic E-state index is 12.6. The fourth-order valence-electron chi connectivity index (χ4n) is 3.99. The minimum Gasteiger partial charge on any atom is -0.480 e. The average molecular weight is 489 g/mol. The molecule has 0 fully saturated rings. The summed E-state index contributed by atoms with van der Waals surface area (Å²) in [4.78, 5) is 36.4. The molecule has 3 rings (SSSR count). The SMILES string of the molecule is CC[C@H](NC(=O)C(CCS(C)(=O)=O)NC(=O)OCC1c2ccccc2-c2ccccc21)C(=O)O. The van der Waals surface area contributed by atoms with Crippen molar-refractivity contribution in [1.82, 2.24) is 10.6 Å². The summed E-state index contributed by atoms with van der Waals surface area (Å²) in [7, 11) is -3.42. The lowest BCUT2D eigenvalue weighted by Crippen LogP contribution is -2.52. The number of sulfone groups is 1. The van der Waals surface area contributed by atoms with Crippen LogP contribution in [0, 0.1) is 0 Å². The number of carbonyl (C=O) groups is 3. The predicted octanol–water partition coefficient (Wildman–Crippen LogP) is 2.31. The van der Waals surface area contributed by atoms with Gasteiger partial charge < -0.3 is 20.5 Å². The van der Waals surface area contributed by atoms with Gasteiger partial charge in [0.1, 0.15) is 28.5 Å². The zero-order chi connectivity index (χ0) is 24.9. The van der Waals surface area contributed by atoms with Crippen molar-refractivity contribution < 1.29 is 32.6 Å². The molecule has 9 nitrogen and oxygen atoms in total. The van der Waals surface area contributed by atoms with Crippen LogP contribution in [-0.2, 0) is 24.2 Å². The lowest BCUT2D eigenvalue weighted by Gasteiger charge is -2.21. The summed E-state index contributed by atoms with van der Waals surface area (Å²) < 4.78 is 28.6. The number of fused-ring (bicyclic) bond motifs is 3. The molecule has 0 aromatic heterocycles. The normalized spacial score (nSPS) is 14.4. The molecule has 2 amide bonds. The summed E-state index contributed by atoms with van der Waals surface area (Å²) in [6, 6.07) is 13.2. The maximum Gasteiger partial charge on any atom is 0.407 e. The molecule has 2 aromatic rings. The number of carbonyl (C=O) groups excluding carboxylic acids is 2. The molecule has 0 aliphatic heterocycles. The van der Waals surface area contributed by atoms with Crippen LogP contribution in [-0.4, -0.2) is 62.2 Å². The van der Waals surface area contributed by atoms with Crippen LogP contribution in [0.5, 0.6) is 0 Å². The van der Waals surface area contributed by atoms with Gasteiger partial charge >= 0.3 is 12.1 Å². The first-order valence-corrected chi connectivity index (χ1v) is 13.0. The van der Waals surface area contributed by atoms with Gasteiger partial charge in [-0.3, -0.25) is 4.79 Å². The second-order valence-corrected chi connectivity index (χ2v) is 10.5. The molecule has 0 saturated carbocycles. The van der Waals surface area contributed by atoms with Gasteiger partial charge in [-0.1, -0.05) is 55.5 Å². The fourth-order valence-corrected chi connectivity index (χ4v) is 4.66. The summed E-state index contributed by atoms with van der Waals surface area (Å²) >= 11 is 0. The molecule has 1 aliphatic rings. The number of alkyl carbamates (subject to hydrolysis) is 1. The Balaban J connectivity index is 1.69. The van der Waals surface area contributed by atoms with Crippen LogP contribution in [0.25, 0.3) is 11.1 Å². The van der Waals surface area contributed by atoms with Crippen molar-refractivity contribution in [1.29, 1.82) is 0 Å². The van der Waals surface area contributed by atoms with Crippen molar-refractivity contribution >= 4 is 27.8 Å². The van der Waals surface area contributed by atoms with Gasteiger partial charge in [-0.2, -0.15) is 0 Å². The molecular formula is C24H28N2O7S. The summed E-state index contributed by atoms with van der Waals surface area (Å²) in [5.41, 5.74) is 4.18. The van der Waals surface area contributed by atoms with E-state index >= 15 is 0 Å². The van der Waals surface area contributed by atoms with Gasteiger partial charge in [0.15, 0.2) is 0 Å². The van der Waals surface area contributed by atoms with Crippen molar-refractivity contribution in [3.63, 3.8) is 0 Å². The highest BCUT2D eigenvalue weighted by molar-refractivity contribution is 7.90. The van der Waals surface area contributed by atoms with Crippen molar-refractivity contribution in [2.45, 2.75) is 37.8 Å². The van der Waals surface area contributed by atoms with E-state index in [0.717, 1.165) is 28.5 Å². The maximum absolute atomic E-state index is 12.6. The molecule has 2 aromatic carbocycles. The number of nitrogens with one attached hydrogen (secondary N) is 2. The standard InChI is InChI=1S/C24H28N2O7S/c1-3-20(23(28)29)25-22(27)21(12-13-34(2,31)32)26-24(30)33-14-19-17-10-6-4-8-15(17)16-9-5-7-11-18(16)19/h4-11,19-21H,3,12-14H2,1-2H3,(H,25,27)(H,26,30)(H,28,29)/t20-,21?/m0/s1. The average Bonchev–Trinajstić information content (AvgIpc) is 3.11. The Hall–Kier alpha value is -3.40. The largest absolute Gasteiger partial charge is 0.480 e. The predicted molar refractivity (Wildman–Crippen MR) is 126 cm³/mol. The topological polar surface area (TPSA) is 139 Å². The summed E-state index contributed by atoms with van der Waals surface area (Å²) in [6.45, 7) is 1.61. The first-order valence-electron chi connectivity index (χ1n) is 10.9. The highest BCUT2D eigenvalue weighted by Gasteiger charge is 2.30. The van der Waals surface area contributed by atoms with Gasteiger partial charge in [0.25, 0.3) is 0 Å². The van der Waals surface area contributed by atoms with E-state index < -0.39 is 39.9 Å². The number of carboxylic acid groups (broad SMARTS) is 1. The van der Waals surface area contributed by atoms with Crippen LogP contribution < -0.4 is 10.6 Å². The van der Waals surface area contributed by atoms with E-state index in [9.17, 15) is 27.9 Å². The third kappa shape index (κ3) is 6.13. The Labute approximate surface area is 198 Å². The summed E-state index contributed by atoms with van der Waals surface area (Å²) in [5, 5.41) is 13.9. The van der Waals surface area contributed by atoms with Gasteiger partial charge in [0.2, 0.25) is 5.91 Å². The molecule has 0 heterocycles. The molecule has 182 valence electrons. The van der Waals surface area contributed by atoms with Crippen molar-refractivity contribution in [3.8, 4) is 11.1 Å². The molecule has 34 heavy (non-hydrogen) atoms. The number of rotatable bonds is 10. The van der Waals surface area contributed by atoms with Gasteiger partial charge in [-0.15, -0.1) is 0 Å². The quantitative estimate of drug-likeness (QED) is 0.466. The number of benzene rings is 2. The number of hydrogen-bond donors (Lipinski definition) is 3. The van der Waals surface area contributed by atoms with E-state index in [1.54, 1.807) is 6.92 Å². The molecule has 1 aliphatic carbocycles. The zero-order valence-electron chi connectivity index (χ0n) is 19.0. The minimum atomic E-state index is -3.42. The molecule has 0 radical (unpaired) electrons. The number of amides is 2. The molecule has 0 bridgehead atoms. The Bertz CT molecular complexity index is 1130. The molecule has 0 spiro atoms. The number of hydrogen-bond acceptors (Lipinski definition) is 6. The Morgan fingerprint density at radius 2 is 1.53 bits per heavy atom. The molecule has 0 saturated heterocycles. The summed E-state index contributed by atoms with van der Waals surface area (Å²) in [6.07, 6.45) is 0.0378. The lowest BCUT2D eigenvalue weighted by molar-refractivity contribution is -0.142. The second kappa shape index (κ2) is 10.7. The van der Waals surface area contributed by atoms with E-state index in [1.807, 2.05) is 48.5 Å². The van der Waals surface area contributed by atoms with E-state index in [1.165, 1.54) is 0 Å². The molecular weight excluding hydrogens is 460 g/mol. The van der Waals surface area contributed by atoms with Crippen molar-refractivity contribution in [2.75, 3.05) is 18.6 Å². The van der Waals surface area contributed by atoms with Gasteiger partial charge in [-0.25, -0.2) is 18.0 Å². The van der Waals surface area contributed by atoms with Gasteiger partial charge in [-0.05, 0) is 35.1 Å². The number of aliphatic carboxylic acids is 1. The van der Waals surface area contributed by atoms with Crippen LogP contribution in [0.2, 0.25) is 0 Å². The molecule has 3 N–H and O–H groups in total. The highest BCUT2D eigenvalue weighted by Crippen LogP contribution is 2.44. The summed E-state index contributed by atoms with van der Waals surface area (Å²) in [5.74, 6) is -2.55. The smallest absolute Gasteiger partial charge is 0.407 e.